The van der Waals surface area contributed by atoms with E-state index in [0.29, 0.717) is 13.1 Å². The zero-order valence-corrected chi connectivity index (χ0v) is 19.0. The standard InChI is InChI=1S/C26H25ClN2O4/c1-19(28-25(31)22-14-8-9-15-23(22)27)26(32)33-18-24(30)29(16-20-10-4-2-5-11-20)17-21-12-6-3-7-13-21/h2-15,19H,16-18H2,1H3,(H,28,31). The van der Waals surface area contributed by atoms with E-state index in [1.54, 1.807) is 29.2 Å². The van der Waals surface area contributed by atoms with E-state index in [4.69, 9.17) is 16.3 Å². The average Bonchev–Trinajstić information content (AvgIpc) is 2.83. The molecule has 6 nitrogen and oxygen atoms in total. The van der Waals surface area contributed by atoms with E-state index < -0.39 is 24.5 Å². The smallest absolute Gasteiger partial charge is 0.328 e. The Bertz CT molecular complexity index is 1050. The minimum atomic E-state index is -0.946. The number of nitrogens with one attached hydrogen (secondary N) is 1. The Labute approximate surface area is 198 Å². The zero-order chi connectivity index (χ0) is 23.6. The molecule has 7 heteroatoms. The first-order valence-electron chi connectivity index (χ1n) is 10.5. The van der Waals surface area contributed by atoms with Crippen LogP contribution in [-0.4, -0.2) is 35.3 Å². The van der Waals surface area contributed by atoms with E-state index in [0.717, 1.165) is 11.1 Å². The van der Waals surface area contributed by atoms with Crippen molar-refractivity contribution in [2.45, 2.75) is 26.1 Å². The molecule has 2 amide bonds. The van der Waals surface area contributed by atoms with Gasteiger partial charge in [-0.1, -0.05) is 84.4 Å². The van der Waals surface area contributed by atoms with Gasteiger partial charge in [-0.3, -0.25) is 9.59 Å². The van der Waals surface area contributed by atoms with Crippen LogP contribution < -0.4 is 5.32 Å². The van der Waals surface area contributed by atoms with Crippen LogP contribution in [0.3, 0.4) is 0 Å². The Hall–Kier alpha value is -3.64. The second-order valence-electron chi connectivity index (χ2n) is 7.50. The number of rotatable bonds is 9. The minimum absolute atomic E-state index is 0.256. The molecule has 1 N–H and O–H groups in total. The number of hydrogen-bond acceptors (Lipinski definition) is 4. The monoisotopic (exact) mass is 464 g/mol. The Balaban J connectivity index is 1.59. The van der Waals surface area contributed by atoms with Crippen LogP contribution in [0.1, 0.15) is 28.4 Å². The molecule has 0 radical (unpaired) electrons. The third-order valence-corrected chi connectivity index (χ3v) is 5.27. The molecular formula is C26H25ClN2O4. The summed E-state index contributed by atoms with van der Waals surface area (Å²) < 4.78 is 5.21. The summed E-state index contributed by atoms with van der Waals surface area (Å²) in [6.07, 6.45) is 0. The van der Waals surface area contributed by atoms with Crippen LogP contribution in [-0.2, 0) is 27.4 Å². The fourth-order valence-electron chi connectivity index (χ4n) is 3.17. The molecular weight excluding hydrogens is 440 g/mol. The summed E-state index contributed by atoms with van der Waals surface area (Å²) in [6, 6.07) is 24.8. The van der Waals surface area contributed by atoms with E-state index >= 15 is 0 Å². The fourth-order valence-corrected chi connectivity index (χ4v) is 3.39. The summed E-state index contributed by atoms with van der Waals surface area (Å²) in [5.74, 6) is -1.53. The lowest BCUT2D eigenvalue weighted by molar-refractivity contribution is -0.153. The Morgan fingerprint density at radius 2 is 1.36 bits per heavy atom. The third kappa shape index (κ3) is 7.19. The fraction of sp³-hybridized carbons (Fsp3) is 0.192. The molecule has 1 unspecified atom stereocenters. The topological polar surface area (TPSA) is 75.7 Å². The average molecular weight is 465 g/mol. The largest absolute Gasteiger partial charge is 0.454 e. The van der Waals surface area contributed by atoms with Gasteiger partial charge in [0.1, 0.15) is 6.04 Å². The van der Waals surface area contributed by atoms with E-state index in [1.807, 2.05) is 60.7 Å². The molecule has 0 bridgehead atoms. The highest BCUT2D eigenvalue weighted by Gasteiger charge is 2.22. The molecule has 0 heterocycles. The summed E-state index contributed by atoms with van der Waals surface area (Å²) in [4.78, 5) is 39.3. The zero-order valence-electron chi connectivity index (χ0n) is 18.2. The quantitative estimate of drug-likeness (QED) is 0.481. The first-order chi connectivity index (χ1) is 15.9. The van der Waals surface area contributed by atoms with Gasteiger partial charge in [0.05, 0.1) is 10.6 Å². The molecule has 3 aromatic carbocycles. The van der Waals surface area contributed by atoms with E-state index in [1.165, 1.54) is 6.92 Å². The molecule has 33 heavy (non-hydrogen) atoms. The van der Waals surface area contributed by atoms with Crippen LogP contribution in [0.4, 0.5) is 0 Å². The van der Waals surface area contributed by atoms with Gasteiger partial charge in [-0.15, -0.1) is 0 Å². The summed E-state index contributed by atoms with van der Waals surface area (Å²) in [5, 5.41) is 2.83. The van der Waals surface area contributed by atoms with Gasteiger partial charge in [0.2, 0.25) is 0 Å². The van der Waals surface area contributed by atoms with Crippen LogP contribution in [0.25, 0.3) is 0 Å². The summed E-state index contributed by atoms with van der Waals surface area (Å²) in [6.45, 7) is 1.83. The van der Waals surface area contributed by atoms with Gasteiger partial charge >= 0.3 is 5.97 Å². The molecule has 170 valence electrons. The number of carbonyl (C=O) groups is 3. The number of amides is 2. The van der Waals surface area contributed by atoms with Gasteiger partial charge in [0.15, 0.2) is 6.61 Å². The summed E-state index contributed by atoms with van der Waals surface area (Å²) in [5.41, 5.74) is 2.19. The van der Waals surface area contributed by atoms with Crippen LogP contribution in [0.15, 0.2) is 84.9 Å². The van der Waals surface area contributed by atoms with Crippen molar-refractivity contribution in [1.82, 2.24) is 10.2 Å². The summed E-state index contributed by atoms with van der Waals surface area (Å²) >= 11 is 6.03. The molecule has 0 aliphatic carbocycles. The number of carbonyl (C=O) groups excluding carboxylic acids is 3. The van der Waals surface area contributed by atoms with Crippen molar-refractivity contribution in [3.8, 4) is 0 Å². The van der Waals surface area contributed by atoms with Crippen LogP contribution >= 0.6 is 11.6 Å². The maximum Gasteiger partial charge on any atom is 0.328 e. The van der Waals surface area contributed by atoms with Crippen molar-refractivity contribution >= 4 is 29.4 Å². The number of hydrogen-bond donors (Lipinski definition) is 1. The van der Waals surface area contributed by atoms with Crippen molar-refractivity contribution in [3.05, 3.63) is 107 Å². The van der Waals surface area contributed by atoms with Crippen LogP contribution in [0.5, 0.6) is 0 Å². The first kappa shape index (κ1) is 24.0. The molecule has 0 fully saturated rings. The highest BCUT2D eigenvalue weighted by molar-refractivity contribution is 6.33. The minimum Gasteiger partial charge on any atom is -0.454 e. The SMILES string of the molecule is CC(NC(=O)c1ccccc1Cl)C(=O)OCC(=O)N(Cc1ccccc1)Cc1ccccc1. The number of ether oxygens (including phenoxy) is 1. The van der Waals surface area contributed by atoms with E-state index in [-0.39, 0.29) is 16.5 Å². The van der Waals surface area contributed by atoms with Crippen molar-refractivity contribution in [3.63, 3.8) is 0 Å². The molecule has 0 saturated heterocycles. The lowest BCUT2D eigenvalue weighted by Gasteiger charge is -2.23. The van der Waals surface area contributed by atoms with E-state index in [2.05, 4.69) is 5.32 Å². The normalized spacial score (nSPS) is 11.3. The number of halogens is 1. The predicted molar refractivity (Wildman–Crippen MR) is 126 cm³/mol. The molecule has 3 aromatic rings. The molecule has 0 saturated carbocycles. The van der Waals surface area contributed by atoms with Crippen LogP contribution in [0, 0.1) is 0 Å². The Morgan fingerprint density at radius 3 is 1.91 bits per heavy atom. The van der Waals surface area contributed by atoms with Gasteiger partial charge in [0.25, 0.3) is 11.8 Å². The van der Waals surface area contributed by atoms with Crippen molar-refractivity contribution in [2.75, 3.05) is 6.61 Å². The molecule has 0 spiro atoms. The third-order valence-electron chi connectivity index (χ3n) is 4.94. The molecule has 1 atom stereocenters. The lowest BCUT2D eigenvalue weighted by atomic mass is 10.1. The number of benzene rings is 3. The van der Waals surface area contributed by atoms with Gasteiger partial charge in [-0.05, 0) is 30.2 Å². The Kier molecular flexibility index (Phi) is 8.61. The molecule has 0 aliphatic rings. The lowest BCUT2D eigenvalue weighted by Crippen LogP contribution is -2.41. The van der Waals surface area contributed by atoms with Gasteiger partial charge in [-0.2, -0.15) is 0 Å². The van der Waals surface area contributed by atoms with Gasteiger partial charge in [-0.25, -0.2) is 4.79 Å². The van der Waals surface area contributed by atoms with Crippen molar-refractivity contribution < 1.29 is 19.1 Å². The number of esters is 1. The van der Waals surface area contributed by atoms with Crippen molar-refractivity contribution in [1.29, 1.82) is 0 Å². The second-order valence-corrected chi connectivity index (χ2v) is 7.91. The van der Waals surface area contributed by atoms with Crippen LogP contribution in [0.2, 0.25) is 5.02 Å². The first-order valence-corrected chi connectivity index (χ1v) is 10.9. The summed E-state index contributed by atoms with van der Waals surface area (Å²) in [7, 11) is 0. The van der Waals surface area contributed by atoms with Gasteiger partial charge < -0.3 is 15.0 Å². The second kappa shape index (κ2) is 11.8. The molecule has 3 rings (SSSR count). The van der Waals surface area contributed by atoms with Crippen molar-refractivity contribution in [2.24, 2.45) is 0 Å². The molecule has 0 aromatic heterocycles. The Morgan fingerprint density at radius 1 is 0.848 bits per heavy atom. The highest BCUT2D eigenvalue weighted by Crippen LogP contribution is 2.15. The van der Waals surface area contributed by atoms with Gasteiger partial charge in [0, 0.05) is 13.1 Å². The van der Waals surface area contributed by atoms with E-state index in [9.17, 15) is 14.4 Å². The number of nitrogens with zero attached hydrogens (tertiary/aromatic N) is 1. The molecule has 0 aliphatic heterocycles. The highest BCUT2D eigenvalue weighted by atomic mass is 35.5. The maximum absolute atomic E-state index is 12.9. The predicted octanol–water partition coefficient (Wildman–Crippen LogP) is 4.23. The maximum atomic E-state index is 12.9.